The molecule has 0 saturated carbocycles. The first-order valence-electron chi connectivity index (χ1n) is 12.0. The summed E-state index contributed by atoms with van der Waals surface area (Å²) in [5.74, 6) is -1.24. The highest BCUT2D eigenvalue weighted by Crippen LogP contribution is 2.33. The topological polar surface area (TPSA) is 115 Å². The quantitative estimate of drug-likeness (QED) is 0.234. The predicted octanol–water partition coefficient (Wildman–Crippen LogP) is 6.39. The molecule has 1 aliphatic heterocycles. The lowest BCUT2D eigenvalue weighted by Crippen LogP contribution is -2.30. The molecule has 0 atom stereocenters. The number of nitrogens with zero attached hydrogens (tertiary/aromatic N) is 5. The summed E-state index contributed by atoms with van der Waals surface area (Å²) in [7, 11) is 0. The number of carbonyl (C=O) groups excluding carboxylic acids is 2. The molecule has 5 aromatic rings. The van der Waals surface area contributed by atoms with Gasteiger partial charge in [0, 0.05) is 10.9 Å². The van der Waals surface area contributed by atoms with E-state index in [0.717, 1.165) is 30.0 Å². The summed E-state index contributed by atoms with van der Waals surface area (Å²) in [4.78, 5) is 34.8. The van der Waals surface area contributed by atoms with Gasteiger partial charge in [0.15, 0.2) is 11.0 Å². The molecule has 3 amide bonds. The van der Waals surface area contributed by atoms with E-state index in [1.807, 2.05) is 0 Å². The van der Waals surface area contributed by atoms with Gasteiger partial charge in [0.2, 0.25) is 5.91 Å². The van der Waals surface area contributed by atoms with Crippen LogP contribution in [0, 0.1) is 5.82 Å². The molecule has 0 aliphatic carbocycles. The zero-order chi connectivity index (χ0) is 29.4. The number of ether oxygens (including phenoxy) is 1. The Bertz CT molecular complexity index is 1850. The molecule has 1 fully saturated rings. The maximum absolute atomic E-state index is 15.0. The van der Waals surface area contributed by atoms with Gasteiger partial charge in [-0.3, -0.25) is 9.69 Å². The number of benzene rings is 3. The summed E-state index contributed by atoms with van der Waals surface area (Å²) < 4.78 is 62.6. The number of hydrogen-bond donors (Lipinski definition) is 1. The van der Waals surface area contributed by atoms with Crippen LogP contribution in [0.25, 0.3) is 28.0 Å². The second-order valence-electron chi connectivity index (χ2n) is 8.70. The number of urea groups is 1. The summed E-state index contributed by atoms with van der Waals surface area (Å²) in [5.41, 5.74) is 1.59. The Kier molecular flexibility index (Phi) is 6.86. The Labute approximate surface area is 237 Å². The average Bonchev–Trinajstić information content (AvgIpc) is 3.70. The van der Waals surface area contributed by atoms with Crippen LogP contribution in [0.15, 0.2) is 88.7 Å². The highest BCUT2D eigenvalue weighted by atomic mass is 32.2. The Morgan fingerprint density at radius 1 is 1.10 bits per heavy atom. The molecule has 0 spiro atoms. The van der Waals surface area contributed by atoms with E-state index in [-0.39, 0.29) is 33.9 Å². The van der Waals surface area contributed by atoms with Crippen LogP contribution in [-0.4, -0.2) is 44.0 Å². The van der Waals surface area contributed by atoms with Gasteiger partial charge in [-0.2, -0.15) is 4.99 Å². The van der Waals surface area contributed by atoms with Gasteiger partial charge in [-0.25, -0.2) is 18.9 Å². The van der Waals surface area contributed by atoms with Crippen molar-refractivity contribution < 1.29 is 36.3 Å². The molecule has 6 rings (SSSR count). The van der Waals surface area contributed by atoms with Crippen molar-refractivity contribution in [3.8, 4) is 22.8 Å². The van der Waals surface area contributed by atoms with Gasteiger partial charge in [-0.05, 0) is 60.7 Å². The zero-order valence-corrected chi connectivity index (χ0v) is 21.8. The van der Waals surface area contributed by atoms with Crippen LogP contribution in [0.3, 0.4) is 0 Å². The molecular weight excluding hydrogens is 580 g/mol. The van der Waals surface area contributed by atoms with Crippen molar-refractivity contribution in [3.05, 3.63) is 85.1 Å². The molecule has 3 heterocycles. The van der Waals surface area contributed by atoms with E-state index in [0.29, 0.717) is 22.3 Å². The Hall–Kier alpha value is -5.18. The largest absolute Gasteiger partial charge is 0.573 e. The fraction of sp³-hybridized carbons (Fsp3) is 0.0741. The number of anilines is 2. The van der Waals surface area contributed by atoms with Gasteiger partial charge in [-0.1, -0.05) is 17.8 Å². The molecule has 1 saturated heterocycles. The number of aromatic nitrogens is 3. The second-order valence-corrected chi connectivity index (χ2v) is 9.64. The molecule has 212 valence electrons. The number of alkyl halides is 3. The minimum Gasteiger partial charge on any atom is -0.464 e. The van der Waals surface area contributed by atoms with Crippen molar-refractivity contribution in [2.24, 2.45) is 4.99 Å². The highest BCUT2D eigenvalue weighted by Gasteiger charge is 2.32. The van der Waals surface area contributed by atoms with Crippen molar-refractivity contribution in [3.63, 3.8) is 0 Å². The number of aliphatic imine (C=N–C) groups is 1. The van der Waals surface area contributed by atoms with Gasteiger partial charge in [0.05, 0.1) is 29.1 Å². The van der Waals surface area contributed by atoms with Crippen LogP contribution >= 0.6 is 11.8 Å². The van der Waals surface area contributed by atoms with E-state index in [1.165, 1.54) is 46.4 Å². The third kappa shape index (κ3) is 5.54. The maximum Gasteiger partial charge on any atom is 0.573 e. The molecule has 2 aromatic heterocycles. The average molecular weight is 597 g/mol. The first-order chi connectivity index (χ1) is 20.1. The molecule has 0 unspecified atom stereocenters. The first kappa shape index (κ1) is 27.0. The second kappa shape index (κ2) is 10.7. The van der Waals surface area contributed by atoms with Gasteiger partial charge < -0.3 is 14.5 Å². The molecular formula is C27H16F4N6O4S. The molecule has 0 radical (unpaired) electrons. The number of fused-ring (bicyclic) bond motifs is 1. The van der Waals surface area contributed by atoms with Gasteiger partial charge in [-0.15, -0.1) is 18.3 Å². The molecule has 15 heteroatoms. The summed E-state index contributed by atoms with van der Waals surface area (Å²) >= 11 is 1.08. The number of amides is 3. The summed E-state index contributed by atoms with van der Waals surface area (Å²) in [5, 5.41) is 7.42. The SMILES string of the molecule is O=C(/N=C1\SCC(=O)N1c1cccc2occc12)Nc1ccc(-c2ncn(-c3ccc(OC(F)(F)F)cc3)n2)cc1F. The van der Waals surface area contributed by atoms with Crippen molar-refractivity contribution in [1.29, 1.82) is 0 Å². The minimum absolute atomic E-state index is 0.0779. The zero-order valence-electron chi connectivity index (χ0n) is 21.0. The van der Waals surface area contributed by atoms with Crippen molar-refractivity contribution in [2.45, 2.75) is 6.36 Å². The number of halogens is 4. The van der Waals surface area contributed by atoms with E-state index in [9.17, 15) is 27.2 Å². The smallest absolute Gasteiger partial charge is 0.464 e. The van der Waals surface area contributed by atoms with E-state index >= 15 is 0 Å². The van der Waals surface area contributed by atoms with Crippen LogP contribution in [0.5, 0.6) is 5.75 Å². The number of thioether (sulfide) groups is 1. The normalized spacial score (nSPS) is 14.6. The maximum atomic E-state index is 15.0. The Morgan fingerprint density at radius 2 is 1.90 bits per heavy atom. The van der Waals surface area contributed by atoms with Crippen LogP contribution in [0.1, 0.15) is 0 Å². The number of hydrogen-bond acceptors (Lipinski definition) is 7. The predicted molar refractivity (Wildman–Crippen MR) is 146 cm³/mol. The van der Waals surface area contributed by atoms with E-state index in [4.69, 9.17) is 4.42 Å². The van der Waals surface area contributed by atoms with Crippen LogP contribution in [0.2, 0.25) is 0 Å². The standard InChI is InChI=1S/C27H16F4N6O4S/c28-19-12-15(24-32-14-36(35-24)16-5-7-17(8-6-16)41-27(29,30)31)4-9-20(19)33-25(39)34-26-37(23(38)13-42-26)21-2-1-3-22-18(21)10-11-40-22/h1-12,14H,13H2,(H,33,39)/b34-26-. The molecule has 10 nitrogen and oxygen atoms in total. The molecule has 1 N–H and O–H groups in total. The van der Waals surface area contributed by atoms with Gasteiger partial charge >= 0.3 is 12.4 Å². The number of carbonyl (C=O) groups is 2. The molecule has 3 aromatic carbocycles. The highest BCUT2D eigenvalue weighted by molar-refractivity contribution is 8.15. The minimum atomic E-state index is -4.81. The molecule has 0 bridgehead atoms. The lowest BCUT2D eigenvalue weighted by atomic mass is 10.2. The Morgan fingerprint density at radius 3 is 2.67 bits per heavy atom. The molecule has 42 heavy (non-hydrogen) atoms. The number of amidine groups is 1. The van der Waals surface area contributed by atoms with Crippen LogP contribution < -0.4 is 15.0 Å². The van der Waals surface area contributed by atoms with E-state index in [2.05, 4.69) is 25.1 Å². The van der Waals surface area contributed by atoms with Crippen molar-refractivity contribution >= 4 is 51.2 Å². The van der Waals surface area contributed by atoms with E-state index in [1.54, 1.807) is 24.3 Å². The third-order valence-electron chi connectivity index (χ3n) is 5.97. The van der Waals surface area contributed by atoms with E-state index < -0.39 is 24.0 Å². The third-order valence-corrected chi connectivity index (χ3v) is 6.90. The van der Waals surface area contributed by atoms with Gasteiger partial charge in [0.25, 0.3) is 0 Å². The van der Waals surface area contributed by atoms with Crippen LogP contribution in [0.4, 0.5) is 33.7 Å². The monoisotopic (exact) mass is 596 g/mol. The summed E-state index contributed by atoms with van der Waals surface area (Å²) in [6.45, 7) is 0. The summed E-state index contributed by atoms with van der Waals surface area (Å²) in [6, 6.07) is 14.9. The number of rotatable bonds is 5. The molecule has 1 aliphatic rings. The van der Waals surface area contributed by atoms with Crippen molar-refractivity contribution in [1.82, 2.24) is 14.8 Å². The van der Waals surface area contributed by atoms with Crippen LogP contribution in [-0.2, 0) is 4.79 Å². The fourth-order valence-electron chi connectivity index (χ4n) is 4.16. The number of furan rings is 1. The first-order valence-corrected chi connectivity index (χ1v) is 13.0. The summed E-state index contributed by atoms with van der Waals surface area (Å²) in [6.07, 6.45) is -2.00. The lowest BCUT2D eigenvalue weighted by Gasteiger charge is -2.16. The van der Waals surface area contributed by atoms with Crippen molar-refractivity contribution in [2.75, 3.05) is 16.0 Å². The van der Waals surface area contributed by atoms with Gasteiger partial charge in [0.1, 0.15) is 23.5 Å². The number of nitrogens with one attached hydrogen (secondary N) is 1. The fourth-order valence-corrected chi connectivity index (χ4v) is 5.02. The Balaban J connectivity index is 1.17. The lowest BCUT2D eigenvalue weighted by molar-refractivity contribution is -0.274.